The summed E-state index contributed by atoms with van der Waals surface area (Å²) in [5.74, 6) is 1.87. The third-order valence-electron chi connectivity index (χ3n) is 5.77. The number of hydrogen-bond donors (Lipinski definition) is 1. The van der Waals surface area contributed by atoms with Crippen LogP contribution in [0.5, 0.6) is 0 Å². The van der Waals surface area contributed by atoms with Crippen LogP contribution >= 0.6 is 7.60 Å². The molecule has 0 aromatic heterocycles. The van der Waals surface area contributed by atoms with Gasteiger partial charge in [0.25, 0.3) is 0 Å². The van der Waals surface area contributed by atoms with E-state index in [1.165, 1.54) is 19.3 Å². The van der Waals surface area contributed by atoms with Crippen LogP contribution in [0.2, 0.25) is 0 Å². The van der Waals surface area contributed by atoms with Gasteiger partial charge >= 0.3 is 7.60 Å². The highest BCUT2D eigenvalue weighted by molar-refractivity contribution is 7.54. The molecule has 4 rings (SSSR count). The van der Waals surface area contributed by atoms with Crippen molar-refractivity contribution in [1.29, 1.82) is 0 Å². The Kier molecular flexibility index (Phi) is 4.53. The molecule has 4 aliphatic rings. The monoisotopic (exact) mass is 329 g/mol. The predicted octanol–water partition coefficient (Wildman–Crippen LogP) is 4.53. The fraction of sp³-hybridized carbons (Fsp3) is 1.00. The fourth-order valence-corrected chi connectivity index (χ4v) is 8.09. The van der Waals surface area contributed by atoms with Gasteiger partial charge in [-0.3, -0.25) is 4.57 Å². The van der Waals surface area contributed by atoms with Crippen molar-refractivity contribution in [3.8, 4) is 0 Å². The largest absolute Gasteiger partial charge is 0.348 e. The minimum absolute atomic E-state index is 0.0198. The van der Waals surface area contributed by atoms with Crippen molar-refractivity contribution >= 4 is 7.60 Å². The molecule has 0 aliphatic heterocycles. The lowest BCUT2D eigenvalue weighted by Gasteiger charge is -2.59. The van der Waals surface area contributed by atoms with E-state index in [2.05, 4.69) is 0 Å². The van der Waals surface area contributed by atoms with Gasteiger partial charge in [0.1, 0.15) is 5.78 Å². The topological polar surface area (TPSA) is 61.5 Å². The zero-order chi connectivity index (χ0) is 16.1. The second kappa shape index (κ2) is 5.88. The van der Waals surface area contributed by atoms with Crippen molar-refractivity contribution in [3.05, 3.63) is 0 Å². The first-order valence-electron chi connectivity index (χ1n) is 8.94. The summed E-state index contributed by atoms with van der Waals surface area (Å²) in [6.07, 6.45) is 7.15. The second-order valence-electron chi connectivity index (χ2n) is 8.57. The van der Waals surface area contributed by atoms with Gasteiger partial charge in [0.15, 0.2) is 0 Å². The van der Waals surface area contributed by atoms with Crippen LogP contribution in [0.25, 0.3) is 0 Å². The van der Waals surface area contributed by atoms with Crippen LogP contribution in [0.15, 0.2) is 0 Å². The van der Waals surface area contributed by atoms with E-state index in [0.717, 1.165) is 37.0 Å². The minimum Gasteiger partial charge on any atom is -0.317 e. The van der Waals surface area contributed by atoms with Gasteiger partial charge in [0.2, 0.25) is 0 Å². The molecule has 1 atom stereocenters. The van der Waals surface area contributed by atoms with Crippen LogP contribution in [0.4, 0.5) is 0 Å². The summed E-state index contributed by atoms with van der Waals surface area (Å²) in [4.78, 5) is 0. The van der Waals surface area contributed by atoms with Crippen molar-refractivity contribution in [1.82, 2.24) is 0 Å². The van der Waals surface area contributed by atoms with Gasteiger partial charge in [0.05, 0.1) is 12.2 Å². The van der Waals surface area contributed by atoms with Gasteiger partial charge < -0.3 is 14.8 Å². The molecule has 0 saturated heterocycles. The quantitative estimate of drug-likeness (QED) is 0.727. The molecular formula is C17H32NO3P. The lowest BCUT2D eigenvalue weighted by Crippen LogP contribution is -2.54. The highest BCUT2D eigenvalue weighted by Crippen LogP contribution is 2.68. The summed E-state index contributed by atoms with van der Waals surface area (Å²) in [7, 11) is -3.29. The highest BCUT2D eigenvalue weighted by Gasteiger charge is 2.58. The average molecular weight is 329 g/mol. The van der Waals surface area contributed by atoms with Gasteiger partial charge in [-0.2, -0.15) is 0 Å². The maximum atomic E-state index is 13.5. The summed E-state index contributed by atoms with van der Waals surface area (Å²) in [5.41, 5.74) is 6.62. The van der Waals surface area contributed by atoms with Crippen molar-refractivity contribution in [2.45, 2.75) is 84.2 Å². The van der Waals surface area contributed by atoms with Gasteiger partial charge in [0, 0.05) is 0 Å². The molecule has 4 saturated carbocycles. The Morgan fingerprint density at radius 3 is 1.59 bits per heavy atom. The van der Waals surface area contributed by atoms with Gasteiger partial charge in [-0.15, -0.1) is 0 Å². The Bertz CT molecular complexity index is 414. The van der Waals surface area contributed by atoms with Gasteiger partial charge in [-0.25, -0.2) is 0 Å². The molecule has 4 bridgehead atoms. The molecule has 2 N–H and O–H groups in total. The van der Waals surface area contributed by atoms with Gasteiger partial charge in [-0.05, 0) is 89.4 Å². The number of rotatable bonds is 6. The molecule has 0 amide bonds. The molecule has 128 valence electrons. The molecule has 0 aromatic carbocycles. The van der Waals surface area contributed by atoms with E-state index in [1.807, 2.05) is 27.7 Å². The SMILES string of the molecule is CC(C)OP(=O)(OC(C)C)[C@H](N)C12CC3CC(CC(C3)C1)C2. The van der Waals surface area contributed by atoms with Crippen molar-refractivity contribution in [2.75, 3.05) is 0 Å². The van der Waals surface area contributed by atoms with E-state index in [4.69, 9.17) is 14.8 Å². The lowest BCUT2D eigenvalue weighted by molar-refractivity contribution is -0.0596. The second-order valence-corrected chi connectivity index (χ2v) is 10.6. The number of hydrogen-bond acceptors (Lipinski definition) is 4. The van der Waals surface area contributed by atoms with E-state index in [9.17, 15) is 4.57 Å². The van der Waals surface area contributed by atoms with Crippen LogP contribution in [0.1, 0.15) is 66.2 Å². The van der Waals surface area contributed by atoms with Crippen LogP contribution in [-0.4, -0.2) is 18.0 Å². The van der Waals surface area contributed by atoms with E-state index < -0.39 is 13.4 Å². The molecule has 4 fully saturated rings. The Balaban J connectivity index is 1.86. The maximum Gasteiger partial charge on any atom is 0.348 e. The summed E-state index contributed by atoms with van der Waals surface area (Å²) in [6.45, 7) is 7.62. The molecule has 4 aliphatic carbocycles. The first-order valence-corrected chi connectivity index (χ1v) is 10.6. The summed E-state index contributed by atoms with van der Waals surface area (Å²) in [6, 6.07) is 0. The van der Waals surface area contributed by atoms with E-state index in [1.54, 1.807) is 0 Å². The average Bonchev–Trinajstić information content (AvgIpc) is 2.33. The number of nitrogens with two attached hydrogens (primary N) is 1. The molecule has 4 nitrogen and oxygen atoms in total. The van der Waals surface area contributed by atoms with E-state index in [-0.39, 0.29) is 17.6 Å². The maximum absolute atomic E-state index is 13.5. The zero-order valence-corrected chi connectivity index (χ0v) is 15.4. The smallest absolute Gasteiger partial charge is 0.317 e. The van der Waals surface area contributed by atoms with Crippen LogP contribution in [-0.2, 0) is 13.6 Å². The van der Waals surface area contributed by atoms with Gasteiger partial charge in [-0.1, -0.05) is 0 Å². The van der Waals surface area contributed by atoms with Crippen LogP contribution in [0, 0.1) is 23.2 Å². The normalized spacial score (nSPS) is 39.0. The first kappa shape index (κ1) is 17.0. The highest BCUT2D eigenvalue weighted by atomic mass is 31.2. The fourth-order valence-electron chi connectivity index (χ4n) is 5.62. The molecule has 0 unspecified atom stereocenters. The Morgan fingerprint density at radius 2 is 1.27 bits per heavy atom. The lowest BCUT2D eigenvalue weighted by atomic mass is 9.49. The Hall–Kier alpha value is 0.110. The third kappa shape index (κ3) is 3.05. The summed E-state index contributed by atoms with van der Waals surface area (Å²) < 4.78 is 25.1. The Labute approximate surface area is 135 Å². The zero-order valence-electron chi connectivity index (χ0n) is 14.5. The molecule has 5 heteroatoms. The van der Waals surface area contributed by atoms with Crippen molar-refractivity contribution in [3.63, 3.8) is 0 Å². The van der Waals surface area contributed by atoms with Crippen molar-refractivity contribution < 1.29 is 13.6 Å². The van der Waals surface area contributed by atoms with E-state index in [0.29, 0.717) is 0 Å². The molecule has 0 aromatic rings. The predicted molar refractivity (Wildman–Crippen MR) is 88.6 cm³/mol. The third-order valence-corrected chi connectivity index (χ3v) is 8.43. The first-order chi connectivity index (χ1) is 10.2. The summed E-state index contributed by atoms with van der Waals surface area (Å²) >= 11 is 0. The molecule has 0 heterocycles. The molecule has 22 heavy (non-hydrogen) atoms. The Morgan fingerprint density at radius 1 is 0.909 bits per heavy atom. The van der Waals surface area contributed by atoms with Crippen LogP contribution < -0.4 is 5.73 Å². The van der Waals surface area contributed by atoms with Crippen LogP contribution in [0.3, 0.4) is 0 Å². The molecule has 0 spiro atoms. The van der Waals surface area contributed by atoms with Crippen molar-refractivity contribution in [2.24, 2.45) is 28.9 Å². The standard InChI is InChI=1S/C17H32NO3P/c1-11(2)20-22(19,21-12(3)4)16(18)17-8-13-5-14(9-17)7-15(6-13)10-17/h11-16H,5-10,18H2,1-4H3/t13?,14?,15?,16-,17?/m0/s1. The summed E-state index contributed by atoms with van der Waals surface area (Å²) in [5, 5.41) is 0. The molecule has 0 radical (unpaired) electrons. The molecular weight excluding hydrogens is 297 g/mol. The van der Waals surface area contributed by atoms with E-state index >= 15 is 0 Å². The minimum atomic E-state index is -3.29.